The van der Waals surface area contributed by atoms with Crippen molar-refractivity contribution in [3.8, 4) is 11.4 Å². The largest absolute Gasteiger partial charge is 0.346 e. The topological polar surface area (TPSA) is 80.0 Å². The Morgan fingerprint density at radius 2 is 1.92 bits per heavy atom. The number of rotatable bonds is 4. The van der Waals surface area contributed by atoms with Crippen LogP contribution in [0.25, 0.3) is 22.4 Å². The maximum Gasteiger partial charge on any atom is 0.230 e. The van der Waals surface area contributed by atoms with Crippen molar-refractivity contribution < 1.29 is 17.7 Å². The Labute approximate surface area is 209 Å². The predicted octanol–water partition coefficient (Wildman–Crippen LogP) is 5.37. The van der Waals surface area contributed by atoms with Gasteiger partial charge in [-0.1, -0.05) is 16.8 Å². The van der Waals surface area contributed by atoms with E-state index in [4.69, 9.17) is 21.1 Å². The number of pyridine rings is 2. The summed E-state index contributed by atoms with van der Waals surface area (Å²) in [5, 5.41) is 7.78. The van der Waals surface area contributed by atoms with E-state index in [1.54, 1.807) is 17.0 Å². The number of benzene rings is 1. The summed E-state index contributed by atoms with van der Waals surface area (Å²) in [7, 11) is 0. The van der Waals surface area contributed by atoms with Gasteiger partial charge in [-0.05, 0) is 56.3 Å². The number of nitrogens with zero attached hydrogens (tertiary/aromatic N) is 5. The van der Waals surface area contributed by atoms with E-state index in [-0.39, 0.29) is 24.4 Å². The predicted molar refractivity (Wildman–Crippen MR) is 129 cm³/mol. The van der Waals surface area contributed by atoms with Crippen molar-refractivity contribution >= 4 is 28.5 Å². The lowest BCUT2D eigenvalue weighted by molar-refractivity contribution is 0.320. The number of hydrogen-bond donors (Lipinski definition) is 1. The van der Waals surface area contributed by atoms with Gasteiger partial charge in [0.25, 0.3) is 0 Å². The maximum absolute atomic E-state index is 14.6. The van der Waals surface area contributed by atoms with Gasteiger partial charge in [-0.2, -0.15) is 4.98 Å². The van der Waals surface area contributed by atoms with E-state index in [0.717, 1.165) is 44.1 Å². The van der Waals surface area contributed by atoms with Crippen molar-refractivity contribution in [3.05, 3.63) is 64.6 Å². The van der Waals surface area contributed by atoms with Crippen LogP contribution in [0, 0.1) is 11.6 Å². The third kappa shape index (κ3) is 4.18. The van der Waals surface area contributed by atoms with E-state index in [0.29, 0.717) is 39.2 Å². The summed E-state index contributed by atoms with van der Waals surface area (Å²) in [4.78, 5) is 15.4. The Balaban J connectivity index is 1.42. The lowest BCUT2D eigenvalue weighted by atomic mass is 9.98. The van der Waals surface area contributed by atoms with E-state index in [1.807, 2.05) is 0 Å². The molecule has 0 aliphatic carbocycles. The molecular weight excluding hydrogens is 493 g/mol. The second-order valence-corrected chi connectivity index (χ2v) is 9.57. The highest BCUT2D eigenvalue weighted by Gasteiger charge is 2.36. The van der Waals surface area contributed by atoms with Crippen molar-refractivity contribution in [1.82, 2.24) is 25.4 Å². The Hall–Kier alpha value is -3.24. The van der Waals surface area contributed by atoms with Gasteiger partial charge in [0.15, 0.2) is 0 Å². The lowest BCUT2D eigenvalue weighted by Crippen LogP contribution is -2.26. The molecule has 2 fully saturated rings. The smallest absolute Gasteiger partial charge is 0.230 e. The van der Waals surface area contributed by atoms with Crippen LogP contribution in [0.3, 0.4) is 0 Å². The zero-order valence-electron chi connectivity index (χ0n) is 19.1. The first-order valence-electron chi connectivity index (χ1n) is 11.8. The minimum absolute atomic E-state index is 0.00940. The molecule has 0 saturated carbocycles. The Bertz CT molecular complexity index is 1430. The van der Waals surface area contributed by atoms with Crippen molar-refractivity contribution in [2.75, 3.05) is 24.5 Å². The summed E-state index contributed by atoms with van der Waals surface area (Å²) in [6.07, 6.45) is 2.08. The number of alkyl halides is 1. The van der Waals surface area contributed by atoms with Crippen LogP contribution in [-0.4, -0.2) is 45.9 Å². The number of hydrogen-bond acceptors (Lipinski definition) is 7. The first-order chi connectivity index (χ1) is 17.5. The molecule has 2 atom stereocenters. The molecule has 0 bridgehead atoms. The van der Waals surface area contributed by atoms with Crippen LogP contribution in [0.2, 0.25) is 5.02 Å². The van der Waals surface area contributed by atoms with Crippen LogP contribution in [0.5, 0.6) is 0 Å². The van der Waals surface area contributed by atoms with Crippen LogP contribution < -0.4 is 10.2 Å². The number of anilines is 1. The monoisotopic (exact) mass is 514 g/mol. The molecule has 186 valence electrons. The molecule has 5 heterocycles. The minimum atomic E-state index is -1.23. The average molecular weight is 515 g/mol. The molecule has 6 rings (SSSR count). The van der Waals surface area contributed by atoms with E-state index in [9.17, 15) is 13.2 Å². The molecule has 2 aliphatic heterocycles. The molecule has 0 radical (unpaired) electrons. The molecule has 4 aromatic rings. The van der Waals surface area contributed by atoms with Crippen molar-refractivity contribution in [1.29, 1.82) is 0 Å². The van der Waals surface area contributed by atoms with Gasteiger partial charge in [-0.25, -0.2) is 18.2 Å². The normalized spacial score (nSPS) is 20.9. The van der Waals surface area contributed by atoms with Gasteiger partial charge in [0, 0.05) is 24.1 Å². The van der Waals surface area contributed by atoms with Crippen LogP contribution in [0.15, 0.2) is 41.1 Å². The maximum atomic E-state index is 14.6. The SMILES string of the molecule is Fc1ccc(F)c([C@H]2C[C@H](F)CN2c2ccc3ncc(Cl)c(-c4noc(C5CCNCC5)n4)c3n2)c1. The Morgan fingerprint density at radius 1 is 1.08 bits per heavy atom. The van der Waals surface area contributed by atoms with E-state index < -0.39 is 23.8 Å². The first kappa shape index (κ1) is 23.2. The fourth-order valence-electron chi connectivity index (χ4n) is 5.08. The summed E-state index contributed by atoms with van der Waals surface area (Å²) in [6.45, 7) is 1.75. The number of piperidine rings is 1. The molecular formula is C25H22ClF3N6O. The molecule has 11 heteroatoms. The molecule has 3 aromatic heterocycles. The van der Waals surface area contributed by atoms with Crippen molar-refractivity contribution in [2.45, 2.75) is 37.4 Å². The summed E-state index contributed by atoms with van der Waals surface area (Å²) >= 11 is 6.53. The van der Waals surface area contributed by atoms with Crippen molar-refractivity contribution in [2.24, 2.45) is 0 Å². The van der Waals surface area contributed by atoms with Crippen LogP contribution in [0.1, 0.15) is 42.7 Å². The van der Waals surface area contributed by atoms with Gasteiger partial charge in [-0.15, -0.1) is 0 Å². The summed E-state index contributed by atoms with van der Waals surface area (Å²) in [5.41, 5.74) is 1.50. The number of aromatic nitrogens is 4. The van der Waals surface area contributed by atoms with Gasteiger partial charge in [0.1, 0.15) is 29.1 Å². The lowest BCUT2D eigenvalue weighted by Gasteiger charge is -2.26. The second-order valence-electron chi connectivity index (χ2n) is 9.17. The quantitative estimate of drug-likeness (QED) is 0.392. The number of halogens is 4. The standard InChI is InChI=1S/C25H22ClF3N6O/c26-17-11-31-19-3-4-21(35-12-15(28)10-20(35)16-9-14(27)1-2-18(16)29)32-23(19)22(17)24-33-25(36-34-24)13-5-7-30-8-6-13/h1-4,9,11,13,15,20,30H,5-8,10,12H2/t15-,20+/m0/s1. The molecule has 1 aromatic carbocycles. The molecule has 0 amide bonds. The third-order valence-electron chi connectivity index (χ3n) is 6.87. The fourth-order valence-corrected chi connectivity index (χ4v) is 5.30. The molecule has 0 spiro atoms. The molecule has 0 unspecified atom stereocenters. The molecule has 36 heavy (non-hydrogen) atoms. The van der Waals surface area contributed by atoms with Gasteiger partial charge >= 0.3 is 0 Å². The molecule has 2 aliphatic rings. The second kappa shape index (κ2) is 9.33. The van der Waals surface area contributed by atoms with Crippen LogP contribution in [0.4, 0.5) is 19.0 Å². The van der Waals surface area contributed by atoms with Crippen LogP contribution in [-0.2, 0) is 0 Å². The van der Waals surface area contributed by atoms with E-state index in [1.165, 1.54) is 6.20 Å². The fraction of sp³-hybridized carbons (Fsp3) is 0.360. The summed E-state index contributed by atoms with van der Waals surface area (Å²) in [5.74, 6) is 0.219. The first-order valence-corrected chi connectivity index (χ1v) is 12.2. The molecule has 7 nitrogen and oxygen atoms in total. The molecule has 2 saturated heterocycles. The van der Waals surface area contributed by atoms with E-state index in [2.05, 4.69) is 20.4 Å². The molecule has 1 N–H and O–H groups in total. The Morgan fingerprint density at radius 3 is 2.75 bits per heavy atom. The van der Waals surface area contributed by atoms with Gasteiger partial charge < -0.3 is 14.7 Å². The van der Waals surface area contributed by atoms with Gasteiger partial charge in [-0.3, -0.25) is 4.98 Å². The zero-order chi connectivity index (χ0) is 24.8. The highest BCUT2D eigenvalue weighted by Crippen LogP contribution is 2.40. The zero-order valence-corrected chi connectivity index (χ0v) is 19.9. The highest BCUT2D eigenvalue weighted by atomic mass is 35.5. The average Bonchev–Trinajstić information content (AvgIpc) is 3.53. The summed E-state index contributed by atoms with van der Waals surface area (Å²) < 4.78 is 48.6. The van der Waals surface area contributed by atoms with Gasteiger partial charge in [0.2, 0.25) is 11.7 Å². The number of nitrogens with one attached hydrogen (secondary N) is 1. The van der Waals surface area contributed by atoms with E-state index >= 15 is 0 Å². The van der Waals surface area contributed by atoms with Gasteiger partial charge in [0.05, 0.1) is 28.7 Å². The van der Waals surface area contributed by atoms with Crippen molar-refractivity contribution in [3.63, 3.8) is 0 Å². The highest BCUT2D eigenvalue weighted by molar-refractivity contribution is 6.34. The Kier molecular flexibility index (Phi) is 6.00. The third-order valence-corrected chi connectivity index (χ3v) is 7.15. The number of fused-ring (bicyclic) bond motifs is 1. The minimum Gasteiger partial charge on any atom is -0.346 e. The summed E-state index contributed by atoms with van der Waals surface area (Å²) in [6, 6.07) is 5.91. The van der Waals surface area contributed by atoms with Crippen LogP contribution >= 0.6 is 11.6 Å².